The highest BCUT2D eigenvalue weighted by atomic mass is 16.5. The molecular formula is C18H25N3O3. The Morgan fingerprint density at radius 2 is 1.96 bits per heavy atom. The van der Waals surface area contributed by atoms with Gasteiger partial charge in [0.2, 0.25) is 0 Å². The first-order valence-corrected chi connectivity index (χ1v) is 8.70. The number of nitrogens with one attached hydrogen (secondary N) is 2. The van der Waals surface area contributed by atoms with Crippen LogP contribution in [-0.4, -0.2) is 55.5 Å². The van der Waals surface area contributed by atoms with Gasteiger partial charge in [0.1, 0.15) is 0 Å². The fourth-order valence-corrected chi connectivity index (χ4v) is 2.84. The van der Waals surface area contributed by atoms with Crippen molar-refractivity contribution >= 4 is 11.8 Å². The second-order valence-corrected chi connectivity index (χ2v) is 6.43. The Kier molecular flexibility index (Phi) is 5.82. The van der Waals surface area contributed by atoms with Crippen molar-refractivity contribution in [1.29, 1.82) is 0 Å². The third-order valence-electron chi connectivity index (χ3n) is 4.38. The Bertz CT molecular complexity index is 560. The molecule has 6 nitrogen and oxygen atoms in total. The molecule has 1 aromatic rings. The molecule has 1 unspecified atom stereocenters. The van der Waals surface area contributed by atoms with E-state index in [1.165, 1.54) is 5.56 Å². The SMILES string of the molecule is O=C(NCCCN1CCOC(c2ccccc2)C1)C(=O)NC1CC1. The van der Waals surface area contributed by atoms with Crippen molar-refractivity contribution in [3.8, 4) is 0 Å². The van der Waals surface area contributed by atoms with Gasteiger partial charge >= 0.3 is 11.8 Å². The number of amides is 2. The lowest BCUT2D eigenvalue weighted by atomic mass is 10.1. The Labute approximate surface area is 142 Å². The van der Waals surface area contributed by atoms with E-state index < -0.39 is 11.8 Å². The first-order chi connectivity index (χ1) is 11.7. The maximum Gasteiger partial charge on any atom is 0.309 e. The van der Waals surface area contributed by atoms with Gasteiger partial charge in [0, 0.05) is 32.2 Å². The van der Waals surface area contributed by atoms with Crippen molar-refractivity contribution in [3.05, 3.63) is 35.9 Å². The summed E-state index contributed by atoms with van der Waals surface area (Å²) in [5, 5.41) is 5.38. The predicted octanol–water partition coefficient (Wildman–Crippen LogP) is 0.845. The van der Waals surface area contributed by atoms with E-state index >= 15 is 0 Å². The summed E-state index contributed by atoms with van der Waals surface area (Å²) in [7, 11) is 0. The highest BCUT2D eigenvalue weighted by molar-refractivity contribution is 6.35. The minimum atomic E-state index is -0.522. The van der Waals surface area contributed by atoms with Crippen LogP contribution < -0.4 is 10.6 Å². The number of carbonyl (C=O) groups is 2. The largest absolute Gasteiger partial charge is 0.371 e. The highest BCUT2D eigenvalue weighted by Crippen LogP contribution is 2.21. The summed E-state index contributed by atoms with van der Waals surface area (Å²) in [6.07, 6.45) is 2.90. The number of ether oxygens (including phenoxy) is 1. The van der Waals surface area contributed by atoms with E-state index in [-0.39, 0.29) is 12.1 Å². The Morgan fingerprint density at radius 3 is 2.71 bits per heavy atom. The quantitative estimate of drug-likeness (QED) is 0.599. The molecule has 2 N–H and O–H groups in total. The smallest absolute Gasteiger partial charge is 0.309 e. The Balaban J connectivity index is 1.34. The predicted molar refractivity (Wildman–Crippen MR) is 90.4 cm³/mol. The van der Waals surface area contributed by atoms with Crippen LogP contribution in [0.1, 0.15) is 30.9 Å². The standard InChI is InChI=1S/C18H25N3O3/c22-17(18(23)20-15-7-8-15)19-9-4-10-21-11-12-24-16(13-21)14-5-2-1-3-6-14/h1-3,5-6,15-16H,4,7-13H2,(H,19,22)(H,20,23). The molecule has 2 amide bonds. The zero-order valence-electron chi connectivity index (χ0n) is 13.9. The number of rotatable bonds is 6. The van der Waals surface area contributed by atoms with Crippen LogP contribution in [0.25, 0.3) is 0 Å². The number of hydrogen-bond acceptors (Lipinski definition) is 4. The number of hydrogen-bond donors (Lipinski definition) is 2. The van der Waals surface area contributed by atoms with Gasteiger partial charge in [0.15, 0.2) is 0 Å². The molecule has 0 bridgehead atoms. The van der Waals surface area contributed by atoms with Crippen LogP contribution in [0, 0.1) is 0 Å². The van der Waals surface area contributed by atoms with Gasteiger partial charge < -0.3 is 15.4 Å². The van der Waals surface area contributed by atoms with Gasteiger partial charge in [-0.3, -0.25) is 14.5 Å². The number of carbonyl (C=O) groups excluding carboxylic acids is 2. The molecular weight excluding hydrogens is 306 g/mol. The van der Waals surface area contributed by atoms with Crippen LogP contribution in [0.5, 0.6) is 0 Å². The second-order valence-electron chi connectivity index (χ2n) is 6.43. The summed E-state index contributed by atoms with van der Waals surface area (Å²) in [6, 6.07) is 10.5. The van der Waals surface area contributed by atoms with E-state index in [2.05, 4.69) is 27.7 Å². The van der Waals surface area contributed by atoms with Crippen LogP contribution in [0.4, 0.5) is 0 Å². The van der Waals surface area contributed by atoms with E-state index in [4.69, 9.17) is 4.74 Å². The van der Waals surface area contributed by atoms with Gasteiger partial charge in [0.05, 0.1) is 12.7 Å². The lowest BCUT2D eigenvalue weighted by molar-refractivity contribution is -0.139. The van der Waals surface area contributed by atoms with Crippen molar-refractivity contribution in [3.63, 3.8) is 0 Å². The monoisotopic (exact) mass is 331 g/mol. The maximum absolute atomic E-state index is 11.6. The van der Waals surface area contributed by atoms with Crippen LogP contribution in [0.3, 0.4) is 0 Å². The topological polar surface area (TPSA) is 70.7 Å². The second kappa shape index (κ2) is 8.26. The molecule has 3 rings (SSSR count). The molecule has 0 aromatic heterocycles. The minimum absolute atomic E-state index is 0.110. The van der Waals surface area contributed by atoms with Crippen molar-refractivity contribution in [2.45, 2.75) is 31.4 Å². The zero-order chi connectivity index (χ0) is 16.8. The Hall–Kier alpha value is -1.92. The number of benzene rings is 1. The molecule has 1 aliphatic heterocycles. The summed E-state index contributed by atoms with van der Waals surface area (Å²) in [6.45, 7) is 3.89. The molecule has 1 heterocycles. The molecule has 2 aliphatic rings. The molecule has 6 heteroatoms. The first-order valence-electron chi connectivity index (χ1n) is 8.70. The molecule has 1 aliphatic carbocycles. The molecule has 1 atom stereocenters. The van der Waals surface area contributed by atoms with Crippen molar-refractivity contribution in [1.82, 2.24) is 15.5 Å². The van der Waals surface area contributed by atoms with Crippen molar-refractivity contribution < 1.29 is 14.3 Å². The summed E-state index contributed by atoms with van der Waals surface area (Å²) < 4.78 is 5.85. The fourth-order valence-electron chi connectivity index (χ4n) is 2.84. The van der Waals surface area contributed by atoms with Crippen molar-refractivity contribution in [2.75, 3.05) is 32.8 Å². The number of nitrogens with zero attached hydrogens (tertiary/aromatic N) is 1. The van der Waals surface area contributed by atoms with E-state index in [0.29, 0.717) is 6.54 Å². The average molecular weight is 331 g/mol. The van der Waals surface area contributed by atoms with Gasteiger partial charge in [0.25, 0.3) is 0 Å². The normalized spacial score (nSPS) is 21.2. The molecule has 2 fully saturated rings. The molecule has 0 radical (unpaired) electrons. The maximum atomic E-state index is 11.6. The van der Waals surface area contributed by atoms with Gasteiger partial charge in [-0.2, -0.15) is 0 Å². The molecule has 0 spiro atoms. The summed E-state index contributed by atoms with van der Waals surface area (Å²) >= 11 is 0. The molecule has 1 aromatic carbocycles. The summed E-state index contributed by atoms with van der Waals surface area (Å²) in [5.41, 5.74) is 1.20. The van der Waals surface area contributed by atoms with Crippen molar-refractivity contribution in [2.24, 2.45) is 0 Å². The first kappa shape index (κ1) is 16.9. The molecule has 1 saturated carbocycles. The lowest BCUT2D eigenvalue weighted by Crippen LogP contribution is -2.42. The third-order valence-corrected chi connectivity index (χ3v) is 4.38. The van der Waals surface area contributed by atoms with E-state index in [0.717, 1.165) is 45.5 Å². The van der Waals surface area contributed by atoms with Crippen LogP contribution >= 0.6 is 0 Å². The number of morpholine rings is 1. The Morgan fingerprint density at radius 1 is 1.17 bits per heavy atom. The van der Waals surface area contributed by atoms with Crippen LogP contribution in [0.2, 0.25) is 0 Å². The van der Waals surface area contributed by atoms with E-state index in [9.17, 15) is 9.59 Å². The fraction of sp³-hybridized carbons (Fsp3) is 0.556. The van der Waals surface area contributed by atoms with Gasteiger partial charge in [-0.05, 0) is 24.8 Å². The van der Waals surface area contributed by atoms with Gasteiger partial charge in [-0.15, -0.1) is 0 Å². The van der Waals surface area contributed by atoms with Crippen LogP contribution in [0.15, 0.2) is 30.3 Å². The molecule has 1 saturated heterocycles. The highest BCUT2D eigenvalue weighted by Gasteiger charge is 2.26. The lowest BCUT2D eigenvalue weighted by Gasteiger charge is -2.33. The van der Waals surface area contributed by atoms with Gasteiger partial charge in [-0.1, -0.05) is 30.3 Å². The van der Waals surface area contributed by atoms with E-state index in [1.54, 1.807) is 0 Å². The molecule has 24 heavy (non-hydrogen) atoms. The van der Waals surface area contributed by atoms with E-state index in [1.807, 2.05) is 18.2 Å². The van der Waals surface area contributed by atoms with Crippen LogP contribution in [-0.2, 0) is 14.3 Å². The summed E-state index contributed by atoms with van der Waals surface area (Å²) in [4.78, 5) is 25.5. The zero-order valence-corrected chi connectivity index (χ0v) is 13.9. The minimum Gasteiger partial charge on any atom is -0.371 e. The molecule has 130 valence electrons. The average Bonchev–Trinajstić information content (AvgIpc) is 3.43. The third kappa shape index (κ3) is 5.04. The van der Waals surface area contributed by atoms with Gasteiger partial charge in [-0.25, -0.2) is 0 Å². The summed E-state index contributed by atoms with van der Waals surface area (Å²) in [5.74, 6) is -1.03.